The Kier molecular flexibility index (Phi) is 8.68. The molecule has 8 nitrogen and oxygen atoms in total. The summed E-state index contributed by atoms with van der Waals surface area (Å²) in [5.74, 6) is -0.0382. The molecule has 2 aromatic rings. The van der Waals surface area contributed by atoms with Crippen LogP contribution in [-0.4, -0.2) is 33.3 Å². The Bertz CT molecular complexity index is 1090. The van der Waals surface area contributed by atoms with Crippen molar-refractivity contribution in [3.05, 3.63) is 46.6 Å². The summed E-state index contributed by atoms with van der Waals surface area (Å²) in [6.07, 6.45) is 5.98. The van der Waals surface area contributed by atoms with Crippen LogP contribution in [0.2, 0.25) is 0 Å². The van der Waals surface area contributed by atoms with Gasteiger partial charge in [0.05, 0.1) is 12.2 Å². The fourth-order valence-electron chi connectivity index (χ4n) is 5.05. The first kappa shape index (κ1) is 27.5. The van der Waals surface area contributed by atoms with E-state index >= 15 is 0 Å². The van der Waals surface area contributed by atoms with E-state index in [9.17, 15) is 18.4 Å². The molecule has 0 bridgehead atoms. The van der Waals surface area contributed by atoms with Gasteiger partial charge in [0, 0.05) is 18.4 Å². The minimum atomic E-state index is -3.19. The van der Waals surface area contributed by atoms with E-state index in [4.69, 9.17) is 0 Å². The summed E-state index contributed by atoms with van der Waals surface area (Å²) in [4.78, 5) is 29.7. The lowest BCUT2D eigenvalue weighted by atomic mass is 9.58. The van der Waals surface area contributed by atoms with E-state index in [2.05, 4.69) is 60.1 Å². The standard InChI is InChI=1S/C26H37F2N5O3/c1-7-19(18-8-10-29-11-9-18)32-22(34)14-33-24(35)23(36-25(27)28)21(13-30-33)31-20-12-15(2)26(5,6)17(4)16(20)3/h8-11,13,15-17,19-20,25,31H,7,12,14H2,1-6H3,(H,32,34)/t15-,16+,17+,19?,20+/m0/s1. The quantitative estimate of drug-likeness (QED) is 0.516. The number of pyridine rings is 1. The molecule has 0 radical (unpaired) electrons. The summed E-state index contributed by atoms with van der Waals surface area (Å²) in [6, 6.07) is 3.26. The van der Waals surface area contributed by atoms with Crippen LogP contribution in [0.5, 0.6) is 5.75 Å². The highest BCUT2D eigenvalue weighted by Gasteiger charge is 2.43. The van der Waals surface area contributed by atoms with Crippen molar-refractivity contribution in [1.29, 1.82) is 0 Å². The normalized spacial score (nSPS) is 24.2. The molecule has 36 heavy (non-hydrogen) atoms. The van der Waals surface area contributed by atoms with Gasteiger partial charge in [-0.25, -0.2) is 4.68 Å². The summed E-state index contributed by atoms with van der Waals surface area (Å²) < 4.78 is 32.0. The van der Waals surface area contributed by atoms with Gasteiger partial charge in [-0.3, -0.25) is 14.6 Å². The Labute approximate surface area is 210 Å². The lowest BCUT2D eigenvalue weighted by molar-refractivity contribution is -0.122. The first-order valence-electron chi connectivity index (χ1n) is 12.5. The van der Waals surface area contributed by atoms with Gasteiger partial charge in [-0.2, -0.15) is 13.9 Å². The summed E-state index contributed by atoms with van der Waals surface area (Å²) in [5, 5.41) is 10.2. The van der Waals surface area contributed by atoms with Crippen molar-refractivity contribution in [3.8, 4) is 5.75 Å². The molecule has 1 aliphatic carbocycles. The van der Waals surface area contributed by atoms with Gasteiger partial charge in [0.2, 0.25) is 11.7 Å². The molecule has 1 aliphatic rings. The van der Waals surface area contributed by atoms with E-state index in [-0.39, 0.29) is 29.1 Å². The van der Waals surface area contributed by atoms with Gasteiger partial charge in [-0.1, -0.05) is 41.5 Å². The SMILES string of the molecule is CCC(NC(=O)Cn1ncc(N[C@@H]2C[C@H](C)C(C)(C)[C@H](C)[C@H]2C)c(OC(F)F)c1=O)c1ccncc1. The zero-order valence-corrected chi connectivity index (χ0v) is 21.8. The molecule has 1 unspecified atom stereocenters. The van der Waals surface area contributed by atoms with Gasteiger partial charge >= 0.3 is 12.2 Å². The second kappa shape index (κ2) is 11.3. The molecule has 1 saturated carbocycles. The van der Waals surface area contributed by atoms with Crippen molar-refractivity contribution in [2.24, 2.45) is 23.2 Å². The van der Waals surface area contributed by atoms with Gasteiger partial charge in [-0.05, 0) is 53.7 Å². The maximum Gasteiger partial charge on any atom is 0.387 e. The average molecular weight is 506 g/mol. The number of halogens is 2. The van der Waals surface area contributed by atoms with Gasteiger partial charge in [0.1, 0.15) is 12.2 Å². The van der Waals surface area contributed by atoms with Gasteiger partial charge in [0.25, 0.3) is 0 Å². The van der Waals surface area contributed by atoms with E-state index in [0.717, 1.165) is 16.7 Å². The molecule has 1 fully saturated rings. The van der Waals surface area contributed by atoms with Crippen LogP contribution in [-0.2, 0) is 11.3 Å². The number of nitrogens with zero attached hydrogens (tertiary/aromatic N) is 3. The second-order valence-electron chi connectivity index (χ2n) is 10.4. The number of carbonyl (C=O) groups is 1. The number of nitrogens with one attached hydrogen (secondary N) is 2. The van der Waals surface area contributed by atoms with Crippen molar-refractivity contribution in [2.75, 3.05) is 5.32 Å². The zero-order chi connectivity index (χ0) is 26.6. The average Bonchev–Trinajstić information content (AvgIpc) is 2.84. The summed E-state index contributed by atoms with van der Waals surface area (Å²) in [6.45, 7) is 9.27. The fourth-order valence-corrected chi connectivity index (χ4v) is 5.05. The van der Waals surface area contributed by atoms with E-state index in [1.54, 1.807) is 24.5 Å². The number of rotatable bonds is 9. The van der Waals surface area contributed by atoms with Crippen molar-refractivity contribution in [3.63, 3.8) is 0 Å². The molecule has 0 aliphatic heterocycles. The van der Waals surface area contributed by atoms with Crippen LogP contribution in [0.25, 0.3) is 0 Å². The van der Waals surface area contributed by atoms with Gasteiger partial charge in [0.15, 0.2) is 0 Å². The molecule has 3 rings (SSSR count). The lowest BCUT2D eigenvalue weighted by Crippen LogP contribution is -2.48. The molecule has 5 atom stereocenters. The third kappa shape index (κ3) is 6.02. The highest BCUT2D eigenvalue weighted by atomic mass is 19.3. The number of aromatic nitrogens is 3. The number of anilines is 1. The van der Waals surface area contributed by atoms with E-state index in [1.165, 1.54) is 6.20 Å². The topological polar surface area (TPSA) is 98.1 Å². The number of alkyl halides is 2. The molecule has 2 heterocycles. The molecule has 10 heteroatoms. The first-order chi connectivity index (χ1) is 16.9. The van der Waals surface area contributed by atoms with Gasteiger partial charge < -0.3 is 15.4 Å². The fraction of sp³-hybridized carbons (Fsp3) is 0.615. The van der Waals surface area contributed by atoms with Gasteiger partial charge in [-0.15, -0.1) is 0 Å². The Morgan fingerprint density at radius 3 is 2.53 bits per heavy atom. The maximum atomic E-state index is 13.3. The highest BCUT2D eigenvalue weighted by molar-refractivity contribution is 5.76. The van der Waals surface area contributed by atoms with Crippen molar-refractivity contribution >= 4 is 11.6 Å². The van der Waals surface area contributed by atoms with Crippen molar-refractivity contribution in [1.82, 2.24) is 20.1 Å². The summed E-state index contributed by atoms with van der Waals surface area (Å²) in [7, 11) is 0. The third-order valence-electron chi connectivity index (χ3n) is 8.17. The van der Waals surface area contributed by atoms with Crippen LogP contribution >= 0.6 is 0 Å². The molecular formula is C26H37F2N5O3. The van der Waals surface area contributed by atoms with Crippen LogP contribution in [0.15, 0.2) is 35.5 Å². The molecule has 0 aromatic carbocycles. The van der Waals surface area contributed by atoms with E-state index < -0.39 is 30.4 Å². The third-order valence-corrected chi connectivity index (χ3v) is 8.17. The molecule has 0 saturated heterocycles. The molecular weight excluding hydrogens is 468 g/mol. The van der Waals surface area contributed by atoms with E-state index in [0.29, 0.717) is 18.3 Å². The Balaban J connectivity index is 1.81. The Morgan fingerprint density at radius 2 is 1.92 bits per heavy atom. The molecule has 2 aromatic heterocycles. The summed E-state index contributed by atoms with van der Waals surface area (Å²) in [5.41, 5.74) is 0.214. The molecule has 0 spiro atoms. The van der Waals surface area contributed by atoms with Crippen LogP contribution in [0.1, 0.15) is 66.0 Å². The Hall–Kier alpha value is -3.04. The maximum absolute atomic E-state index is 13.3. The summed E-state index contributed by atoms with van der Waals surface area (Å²) >= 11 is 0. The van der Waals surface area contributed by atoms with Crippen LogP contribution in [0, 0.1) is 23.2 Å². The number of hydrogen-bond donors (Lipinski definition) is 2. The zero-order valence-electron chi connectivity index (χ0n) is 21.8. The monoisotopic (exact) mass is 505 g/mol. The minimum absolute atomic E-state index is 0.0472. The molecule has 1 amide bonds. The minimum Gasteiger partial charge on any atom is -0.427 e. The van der Waals surface area contributed by atoms with Crippen molar-refractivity contribution < 1.29 is 18.3 Å². The molecule has 2 N–H and O–H groups in total. The number of ether oxygens (including phenoxy) is 1. The predicted molar refractivity (Wildman–Crippen MR) is 134 cm³/mol. The number of amides is 1. The van der Waals surface area contributed by atoms with Crippen molar-refractivity contribution in [2.45, 2.75) is 79.6 Å². The van der Waals surface area contributed by atoms with Crippen LogP contribution < -0.4 is 20.9 Å². The Morgan fingerprint density at radius 1 is 1.25 bits per heavy atom. The number of hydrogen-bond acceptors (Lipinski definition) is 6. The second-order valence-corrected chi connectivity index (χ2v) is 10.4. The predicted octanol–water partition coefficient (Wildman–Crippen LogP) is 4.63. The smallest absolute Gasteiger partial charge is 0.387 e. The number of carbonyl (C=O) groups excluding carboxylic acids is 1. The first-order valence-corrected chi connectivity index (χ1v) is 12.5. The lowest BCUT2D eigenvalue weighted by Gasteiger charge is -2.50. The largest absolute Gasteiger partial charge is 0.427 e. The van der Waals surface area contributed by atoms with Crippen LogP contribution in [0.3, 0.4) is 0 Å². The molecule has 198 valence electrons. The highest BCUT2D eigenvalue weighted by Crippen LogP contribution is 2.48. The van der Waals surface area contributed by atoms with E-state index in [1.807, 2.05) is 6.92 Å². The van der Waals surface area contributed by atoms with Crippen LogP contribution in [0.4, 0.5) is 14.5 Å².